The quantitative estimate of drug-likeness (QED) is 0.833. The number of rotatable bonds is 3. The Labute approximate surface area is 110 Å². The van der Waals surface area contributed by atoms with Gasteiger partial charge in [0.15, 0.2) is 0 Å². The van der Waals surface area contributed by atoms with Gasteiger partial charge in [-0.3, -0.25) is 4.79 Å². The molecule has 0 aliphatic carbocycles. The maximum Gasteiger partial charge on any atom is 0.253 e. The summed E-state index contributed by atoms with van der Waals surface area (Å²) in [5, 5.41) is 5.67. The molecule has 0 radical (unpaired) electrons. The second-order valence-electron chi connectivity index (χ2n) is 4.16. The second kappa shape index (κ2) is 5.18. The topological polar surface area (TPSA) is 68.0 Å². The molecule has 0 saturated carbocycles. The summed E-state index contributed by atoms with van der Waals surface area (Å²) in [7, 11) is 0. The summed E-state index contributed by atoms with van der Waals surface area (Å²) in [5.41, 5.74) is 8.85. The standard InChI is InChI=1S/C13H15N3OS/c1-8-3-4-10(11(14)5-8)13(17)15-6-12-16-9(2)7-18-12/h3-5,7H,6,14H2,1-2H3,(H,15,17). The van der Waals surface area contributed by atoms with E-state index >= 15 is 0 Å². The van der Waals surface area contributed by atoms with Crippen molar-refractivity contribution in [1.29, 1.82) is 0 Å². The molecule has 5 heteroatoms. The van der Waals surface area contributed by atoms with Gasteiger partial charge in [-0.2, -0.15) is 0 Å². The third kappa shape index (κ3) is 2.87. The molecule has 0 saturated heterocycles. The Bertz CT molecular complexity index is 577. The molecule has 2 aromatic rings. The van der Waals surface area contributed by atoms with E-state index in [0.717, 1.165) is 16.3 Å². The highest BCUT2D eigenvalue weighted by atomic mass is 32.1. The molecule has 0 aliphatic heterocycles. The second-order valence-corrected chi connectivity index (χ2v) is 5.10. The predicted molar refractivity (Wildman–Crippen MR) is 73.6 cm³/mol. The van der Waals surface area contributed by atoms with Gasteiger partial charge in [-0.15, -0.1) is 11.3 Å². The van der Waals surface area contributed by atoms with Crippen molar-refractivity contribution >= 4 is 22.9 Å². The zero-order chi connectivity index (χ0) is 13.1. The van der Waals surface area contributed by atoms with Gasteiger partial charge in [-0.05, 0) is 31.5 Å². The minimum Gasteiger partial charge on any atom is -0.398 e. The van der Waals surface area contributed by atoms with E-state index in [1.54, 1.807) is 12.1 Å². The molecule has 3 N–H and O–H groups in total. The zero-order valence-corrected chi connectivity index (χ0v) is 11.2. The lowest BCUT2D eigenvalue weighted by molar-refractivity contribution is 0.0951. The molecule has 2 rings (SSSR count). The van der Waals surface area contributed by atoms with Crippen molar-refractivity contribution in [1.82, 2.24) is 10.3 Å². The highest BCUT2D eigenvalue weighted by Gasteiger charge is 2.09. The smallest absolute Gasteiger partial charge is 0.253 e. The van der Waals surface area contributed by atoms with Crippen LogP contribution in [0.25, 0.3) is 0 Å². The van der Waals surface area contributed by atoms with Crippen LogP contribution in [0.3, 0.4) is 0 Å². The first-order chi connectivity index (χ1) is 8.56. The normalized spacial score (nSPS) is 10.3. The fraction of sp³-hybridized carbons (Fsp3) is 0.231. The maximum atomic E-state index is 11.9. The first kappa shape index (κ1) is 12.6. The van der Waals surface area contributed by atoms with Crippen molar-refractivity contribution in [3.05, 3.63) is 45.4 Å². The average Bonchev–Trinajstić information content (AvgIpc) is 2.72. The number of nitrogens with one attached hydrogen (secondary N) is 1. The summed E-state index contributed by atoms with van der Waals surface area (Å²) < 4.78 is 0. The van der Waals surface area contributed by atoms with Gasteiger partial charge in [0.2, 0.25) is 0 Å². The highest BCUT2D eigenvalue weighted by Crippen LogP contribution is 2.14. The molecule has 1 aromatic heterocycles. The molecule has 0 aliphatic rings. The van der Waals surface area contributed by atoms with Crippen molar-refractivity contribution in [3.63, 3.8) is 0 Å². The molecule has 1 heterocycles. The van der Waals surface area contributed by atoms with E-state index in [1.807, 2.05) is 25.3 Å². The number of amides is 1. The van der Waals surface area contributed by atoms with Crippen LogP contribution >= 0.6 is 11.3 Å². The predicted octanol–water partition coefficient (Wildman–Crippen LogP) is 2.27. The summed E-state index contributed by atoms with van der Waals surface area (Å²) in [6, 6.07) is 5.41. The monoisotopic (exact) mass is 261 g/mol. The number of nitrogens with two attached hydrogens (primary N) is 1. The van der Waals surface area contributed by atoms with Gasteiger partial charge in [0.1, 0.15) is 5.01 Å². The fourth-order valence-electron chi connectivity index (χ4n) is 1.62. The SMILES string of the molecule is Cc1ccc(C(=O)NCc2nc(C)cs2)c(N)c1. The Morgan fingerprint density at radius 1 is 1.44 bits per heavy atom. The van der Waals surface area contributed by atoms with E-state index < -0.39 is 0 Å². The highest BCUT2D eigenvalue weighted by molar-refractivity contribution is 7.09. The number of anilines is 1. The average molecular weight is 261 g/mol. The van der Waals surface area contributed by atoms with Crippen LogP contribution in [0.2, 0.25) is 0 Å². The summed E-state index contributed by atoms with van der Waals surface area (Å²) in [6.45, 7) is 4.31. The van der Waals surface area contributed by atoms with Gasteiger partial charge in [0.25, 0.3) is 5.91 Å². The van der Waals surface area contributed by atoms with E-state index in [1.165, 1.54) is 11.3 Å². The Morgan fingerprint density at radius 3 is 2.83 bits per heavy atom. The van der Waals surface area contributed by atoms with Crippen LogP contribution in [-0.4, -0.2) is 10.9 Å². The number of aryl methyl sites for hydroxylation is 2. The molecule has 0 fully saturated rings. The van der Waals surface area contributed by atoms with Gasteiger partial charge < -0.3 is 11.1 Å². The molecule has 0 bridgehead atoms. The Morgan fingerprint density at radius 2 is 2.22 bits per heavy atom. The minimum absolute atomic E-state index is 0.166. The van der Waals surface area contributed by atoms with E-state index in [0.29, 0.717) is 17.8 Å². The first-order valence-corrected chi connectivity index (χ1v) is 6.49. The molecule has 94 valence electrons. The molecule has 1 aromatic carbocycles. The third-order valence-electron chi connectivity index (χ3n) is 2.52. The van der Waals surface area contributed by atoms with Crippen LogP contribution in [-0.2, 0) is 6.54 Å². The molecule has 0 spiro atoms. The molecule has 1 amide bonds. The van der Waals surface area contributed by atoms with Crippen molar-refractivity contribution < 1.29 is 4.79 Å². The fourth-order valence-corrected chi connectivity index (χ4v) is 2.34. The number of aromatic nitrogens is 1. The van der Waals surface area contributed by atoms with Crippen LogP contribution in [0.5, 0.6) is 0 Å². The third-order valence-corrected chi connectivity index (χ3v) is 3.49. The number of carbonyl (C=O) groups excluding carboxylic acids is 1. The van der Waals surface area contributed by atoms with Gasteiger partial charge in [0, 0.05) is 16.8 Å². The Balaban J connectivity index is 2.03. The molecule has 0 atom stereocenters. The van der Waals surface area contributed by atoms with Gasteiger partial charge in [-0.1, -0.05) is 6.07 Å². The number of hydrogen-bond acceptors (Lipinski definition) is 4. The van der Waals surface area contributed by atoms with Crippen LogP contribution in [0.1, 0.15) is 26.6 Å². The maximum absolute atomic E-state index is 11.9. The number of nitrogens with zero attached hydrogens (tertiary/aromatic N) is 1. The van der Waals surface area contributed by atoms with E-state index in [2.05, 4.69) is 10.3 Å². The number of carbonyl (C=O) groups is 1. The van der Waals surface area contributed by atoms with Gasteiger partial charge in [-0.25, -0.2) is 4.98 Å². The molecule has 0 unspecified atom stereocenters. The van der Waals surface area contributed by atoms with Crippen molar-refractivity contribution in [3.8, 4) is 0 Å². The lowest BCUT2D eigenvalue weighted by Gasteiger charge is -2.06. The molecular formula is C13H15N3OS. The molecule has 4 nitrogen and oxygen atoms in total. The number of thiazole rings is 1. The molecular weight excluding hydrogens is 246 g/mol. The van der Waals surface area contributed by atoms with Crippen LogP contribution in [0.15, 0.2) is 23.6 Å². The zero-order valence-electron chi connectivity index (χ0n) is 10.4. The van der Waals surface area contributed by atoms with Crippen molar-refractivity contribution in [2.75, 3.05) is 5.73 Å². The summed E-state index contributed by atoms with van der Waals surface area (Å²) >= 11 is 1.54. The van der Waals surface area contributed by atoms with Crippen molar-refractivity contribution in [2.24, 2.45) is 0 Å². The van der Waals surface area contributed by atoms with Gasteiger partial charge >= 0.3 is 0 Å². The molecule has 18 heavy (non-hydrogen) atoms. The van der Waals surface area contributed by atoms with Gasteiger partial charge in [0.05, 0.1) is 12.1 Å². The van der Waals surface area contributed by atoms with E-state index in [-0.39, 0.29) is 5.91 Å². The Kier molecular flexibility index (Phi) is 3.62. The lowest BCUT2D eigenvalue weighted by atomic mass is 10.1. The number of benzene rings is 1. The van der Waals surface area contributed by atoms with Crippen LogP contribution in [0.4, 0.5) is 5.69 Å². The number of nitrogen functional groups attached to an aromatic ring is 1. The van der Waals surface area contributed by atoms with Crippen LogP contribution < -0.4 is 11.1 Å². The largest absolute Gasteiger partial charge is 0.398 e. The summed E-state index contributed by atoms with van der Waals surface area (Å²) in [5.74, 6) is -0.166. The number of hydrogen-bond donors (Lipinski definition) is 2. The first-order valence-electron chi connectivity index (χ1n) is 5.61. The van der Waals surface area contributed by atoms with Crippen molar-refractivity contribution in [2.45, 2.75) is 20.4 Å². The lowest BCUT2D eigenvalue weighted by Crippen LogP contribution is -2.23. The van der Waals surface area contributed by atoms with Crippen LogP contribution in [0, 0.1) is 13.8 Å². The van der Waals surface area contributed by atoms with E-state index in [9.17, 15) is 4.79 Å². The minimum atomic E-state index is -0.166. The van der Waals surface area contributed by atoms with E-state index in [4.69, 9.17) is 5.73 Å². The summed E-state index contributed by atoms with van der Waals surface area (Å²) in [6.07, 6.45) is 0. The summed E-state index contributed by atoms with van der Waals surface area (Å²) in [4.78, 5) is 16.2. The Hall–Kier alpha value is -1.88.